The molecule has 0 fully saturated rings. The van der Waals surface area contributed by atoms with E-state index in [9.17, 15) is 4.79 Å². The van der Waals surface area contributed by atoms with Crippen LogP contribution in [-0.4, -0.2) is 19.1 Å². The Morgan fingerprint density at radius 1 is 1.27 bits per heavy atom. The van der Waals surface area contributed by atoms with Crippen LogP contribution in [0.4, 0.5) is 0 Å². The molecule has 0 spiro atoms. The Bertz CT molecular complexity index is 426. The van der Waals surface area contributed by atoms with Crippen LogP contribution in [0.2, 0.25) is 0 Å². The molecule has 0 saturated carbocycles. The molecule has 0 unspecified atom stereocenters. The number of carbonyl (C=O) groups is 1. The van der Waals surface area contributed by atoms with E-state index in [0.717, 1.165) is 49.3 Å². The zero-order valence-electron chi connectivity index (χ0n) is 8.51. The van der Waals surface area contributed by atoms with Crippen molar-refractivity contribution in [3.63, 3.8) is 0 Å². The molecule has 0 atom stereocenters. The quantitative estimate of drug-likeness (QED) is 0.690. The maximum Gasteiger partial charge on any atom is 0.251 e. The summed E-state index contributed by atoms with van der Waals surface area (Å²) in [7, 11) is 0. The topological polar surface area (TPSA) is 38.3 Å². The van der Waals surface area contributed by atoms with Gasteiger partial charge in [-0.3, -0.25) is 4.79 Å². The molecule has 3 heteroatoms. The van der Waals surface area contributed by atoms with Crippen LogP contribution in [-0.2, 0) is 12.8 Å². The van der Waals surface area contributed by atoms with Gasteiger partial charge in [-0.25, -0.2) is 0 Å². The van der Waals surface area contributed by atoms with E-state index < -0.39 is 0 Å². The number of amides is 1. The first kappa shape index (κ1) is 8.77. The lowest BCUT2D eigenvalue weighted by atomic mass is 9.91. The van der Waals surface area contributed by atoms with E-state index in [4.69, 9.17) is 4.74 Å². The number of nitrogens with one attached hydrogen (secondary N) is 1. The van der Waals surface area contributed by atoms with Gasteiger partial charge in [0.2, 0.25) is 0 Å². The molecule has 0 aliphatic carbocycles. The highest BCUT2D eigenvalue weighted by Gasteiger charge is 2.24. The number of ether oxygens (including phenoxy) is 1. The highest BCUT2D eigenvalue weighted by Crippen LogP contribution is 2.31. The van der Waals surface area contributed by atoms with Gasteiger partial charge in [-0.05, 0) is 30.9 Å². The van der Waals surface area contributed by atoms with Crippen molar-refractivity contribution in [3.8, 4) is 5.75 Å². The van der Waals surface area contributed by atoms with Gasteiger partial charge in [0.15, 0.2) is 0 Å². The van der Waals surface area contributed by atoms with Crippen molar-refractivity contribution < 1.29 is 9.53 Å². The second kappa shape index (κ2) is 3.26. The lowest BCUT2D eigenvalue weighted by molar-refractivity contribution is 0.0943. The summed E-state index contributed by atoms with van der Waals surface area (Å²) in [5.41, 5.74) is 3.15. The van der Waals surface area contributed by atoms with Crippen LogP contribution in [0.25, 0.3) is 0 Å². The standard InChI is InChI=1S/C12H13NO2/c14-12-11-8(5-6-13-12)3-4-10-9(11)2-1-7-15-10/h3-4H,1-2,5-7H2,(H,13,14). The minimum absolute atomic E-state index is 0.0681. The Hall–Kier alpha value is -1.51. The smallest absolute Gasteiger partial charge is 0.251 e. The molecular weight excluding hydrogens is 190 g/mol. The number of carbonyl (C=O) groups excluding carboxylic acids is 1. The van der Waals surface area contributed by atoms with E-state index in [0.29, 0.717) is 0 Å². The number of hydrogen-bond acceptors (Lipinski definition) is 2. The first-order chi connectivity index (χ1) is 7.36. The minimum Gasteiger partial charge on any atom is -0.493 e. The second-order valence-corrected chi connectivity index (χ2v) is 4.03. The van der Waals surface area contributed by atoms with Crippen LogP contribution in [0.5, 0.6) is 5.75 Å². The Balaban J connectivity index is 2.19. The molecule has 15 heavy (non-hydrogen) atoms. The van der Waals surface area contributed by atoms with Crippen LogP contribution in [0.15, 0.2) is 12.1 Å². The highest BCUT2D eigenvalue weighted by atomic mass is 16.5. The van der Waals surface area contributed by atoms with E-state index in [2.05, 4.69) is 5.32 Å². The van der Waals surface area contributed by atoms with Crippen molar-refractivity contribution in [2.24, 2.45) is 0 Å². The molecule has 0 aromatic heterocycles. The van der Waals surface area contributed by atoms with Gasteiger partial charge in [-0.2, -0.15) is 0 Å². The van der Waals surface area contributed by atoms with Crippen LogP contribution in [0.1, 0.15) is 27.9 Å². The third-order valence-electron chi connectivity index (χ3n) is 3.09. The van der Waals surface area contributed by atoms with Crippen molar-refractivity contribution >= 4 is 5.91 Å². The normalized spacial score (nSPS) is 18.5. The SMILES string of the molecule is O=C1NCCc2ccc3c(c21)CCCO3. The fourth-order valence-electron chi connectivity index (χ4n) is 2.38. The van der Waals surface area contributed by atoms with Gasteiger partial charge in [0.1, 0.15) is 5.75 Å². The number of benzene rings is 1. The highest BCUT2D eigenvalue weighted by molar-refractivity contribution is 5.98. The molecule has 3 rings (SSSR count). The molecule has 1 N–H and O–H groups in total. The molecule has 1 amide bonds. The van der Waals surface area contributed by atoms with Crippen molar-refractivity contribution in [2.75, 3.05) is 13.2 Å². The average Bonchev–Trinajstić information content (AvgIpc) is 2.29. The first-order valence-electron chi connectivity index (χ1n) is 5.42. The molecule has 2 aliphatic rings. The largest absolute Gasteiger partial charge is 0.493 e. The molecule has 0 bridgehead atoms. The number of hydrogen-bond donors (Lipinski definition) is 1. The Morgan fingerprint density at radius 2 is 2.20 bits per heavy atom. The summed E-state index contributed by atoms with van der Waals surface area (Å²) in [6, 6.07) is 4.03. The maximum absolute atomic E-state index is 11.8. The molecule has 3 nitrogen and oxygen atoms in total. The fourth-order valence-corrected chi connectivity index (χ4v) is 2.38. The summed E-state index contributed by atoms with van der Waals surface area (Å²) in [5, 5.41) is 2.89. The van der Waals surface area contributed by atoms with E-state index in [1.165, 1.54) is 5.56 Å². The Labute approximate surface area is 88.4 Å². The van der Waals surface area contributed by atoms with Crippen LogP contribution < -0.4 is 10.1 Å². The van der Waals surface area contributed by atoms with E-state index >= 15 is 0 Å². The van der Waals surface area contributed by atoms with E-state index in [1.54, 1.807) is 0 Å². The van der Waals surface area contributed by atoms with Gasteiger partial charge in [-0.15, -0.1) is 0 Å². The van der Waals surface area contributed by atoms with Crippen molar-refractivity contribution in [1.29, 1.82) is 0 Å². The average molecular weight is 203 g/mol. The van der Waals surface area contributed by atoms with Crippen LogP contribution in [0.3, 0.4) is 0 Å². The van der Waals surface area contributed by atoms with Gasteiger partial charge in [0.05, 0.1) is 6.61 Å². The lowest BCUT2D eigenvalue weighted by Crippen LogP contribution is -2.33. The molecule has 2 heterocycles. The summed E-state index contributed by atoms with van der Waals surface area (Å²) in [4.78, 5) is 11.8. The number of rotatable bonds is 0. The predicted octanol–water partition coefficient (Wildman–Crippen LogP) is 1.30. The van der Waals surface area contributed by atoms with Gasteiger partial charge >= 0.3 is 0 Å². The Kier molecular flexibility index (Phi) is 1.91. The van der Waals surface area contributed by atoms with Gasteiger partial charge < -0.3 is 10.1 Å². The summed E-state index contributed by atoms with van der Waals surface area (Å²) >= 11 is 0. The van der Waals surface area contributed by atoms with Gasteiger partial charge in [0.25, 0.3) is 5.91 Å². The maximum atomic E-state index is 11.8. The van der Waals surface area contributed by atoms with Gasteiger partial charge in [-0.1, -0.05) is 6.07 Å². The molecule has 78 valence electrons. The summed E-state index contributed by atoms with van der Waals surface area (Å²) in [6.45, 7) is 1.53. The monoisotopic (exact) mass is 203 g/mol. The van der Waals surface area contributed by atoms with E-state index in [-0.39, 0.29) is 5.91 Å². The van der Waals surface area contributed by atoms with Crippen molar-refractivity contribution in [1.82, 2.24) is 5.32 Å². The van der Waals surface area contributed by atoms with E-state index in [1.807, 2.05) is 12.1 Å². The first-order valence-corrected chi connectivity index (χ1v) is 5.42. The third kappa shape index (κ3) is 1.30. The van der Waals surface area contributed by atoms with Gasteiger partial charge in [0, 0.05) is 17.7 Å². The molecule has 0 radical (unpaired) electrons. The summed E-state index contributed by atoms with van der Waals surface area (Å²) in [6.07, 6.45) is 2.91. The molecule has 1 aromatic rings. The zero-order valence-corrected chi connectivity index (χ0v) is 8.51. The second-order valence-electron chi connectivity index (χ2n) is 4.03. The molecule has 0 saturated heterocycles. The summed E-state index contributed by atoms with van der Waals surface area (Å²) < 4.78 is 5.56. The third-order valence-corrected chi connectivity index (χ3v) is 3.09. The van der Waals surface area contributed by atoms with Crippen molar-refractivity contribution in [2.45, 2.75) is 19.3 Å². The van der Waals surface area contributed by atoms with Crippen LogP contribution in [0, 0.1) is 0 Å². The molecule has 2 aliphatic heterocycles. The number of fused-ring (bicyclic) bond motifs is 3. The van der Waals surface area contributed by atoms with Crippen LogP contribution >= 0.6 is 0 Å². The lowest BCUT2D eigenvalue weighted by Gasteiger charge is -2.24. The van der Waals surface area contributed by atoms with Crippen molar-refractivity contribution in [3.05, 3.63) is 28.8 Å². The Morgan fingerprint density at radius 3 is 3.13 bits per heavy atom. The minimum atomic E-state index is 0.0681. The molecular formula is C12H13NO2. The summed E-state index contributed by atoms with van der Waals surface area (Å²) in [5.74, 6) is 0.968. The predicted molar refractivity (Wildman–Crippen MR) is 56.3 cm³/mol. The molecule has 1 aromatic carbocycles. The fraction of sp³-hybridized carbons (Fsp3) is 0.417. The zero-order chi connectivity index (χ0) is 10.3.